The largest absolute Gasteiger partial charge is 0.468 e. The topological polar surface area (TPSA) is 136 Å². The molecule has 3 heterocycles. The number of hydrogen-bond acceptors (Lipinski definition) is 10. The predicted molar refractivity (Wildman–Crippen MR) is 158 cm³/mol. The Morgan fingerprint density at radius 2 is 1.88 bits per heavy atom. The van der Waals surface area contributed by atoms with Crippen molar-refractivity contribution in [3.05, 3.63) is 75.2 Å². The Morgan fingerprint density at radius 3 is 2.60 bits per heavy atom. The highest BCUT2D eigenvalue weighted by Crippen LogP contribution is 2.40. The fourth-order valence-corrected chi connectivity index (χ4v) is 6.72. The molecule has 0 radical (unpaired) electrons. The SMILES string of the molecule is COC(=O)C1(c2nc(C3=NOC(c4ccccc4OS(C)(=O)=O)C3)cs2)CCN(C(=O)Nc2cc(C)ccc2C)CC1. The Bertz CT molecular complexity index is 1640. The number of likely N-dealkylation sites (tertiary alicyclic amines) is 1. The van der Waals surface area contributed by atoms with E-state index in [1.807, 2.05) is 37.4 Å². The van der Waals surface area contributed by atoms with Crippen LogP contribution >= 0.6 is 11.3 Å². The van der Waals surface area contributed by atoms with Crippen molar-refractivity contribution in [1.82, 2.24) is 9.88 Å². The van der Waals surface area contributed by atoms with Gasteiger partial charge in [0.05, 0.1) is 19.1 Å². The second-order valence-electron chi connectivity index (χ2n) is 10.5. The van der Waals surface area contributed by atoms with Crippen LogP contribution in [0.3, 0.4) is 0 Å². The summed E-state index contributed by atoms with van der Waals surface area (Å²) >= 11 is 1.34. The van der Waals surface area contributed by atoms with Crippen molar-refractivity contribution >= 4 is 44.9 Å². The van der Waals surface area contributed by atoms with Crippen molar-refractivity contribution in [3.8, 4) is 5.75 Å². The lowest BCUT2D eigenvalue weighted by molar-refractivity contribution is -0.149. The molecule has 2 amide bonds. The summed E-state index contributed by atoms with van der Waals surface area (Å²) in [4.78, 5) is 38.4. The predicted octanol–water partition coefficient (Wildman–Crippen LogP) is 4.70. The van der Waals surface area contributed by atoms with E-state index in [0.717, 1.165) is 23.1 Å². The van der Waals surface area contributed by atoms with Crippen LogP contribution < -0.4 is 9.50 Å². The van der Waals surface area contributed by atoms with E-state index in [1.165, 1.54) is 18.4 Å². The van der Waals surface area contributed by atoms with Crippen molar-refractivity contribution < 1.29 is 31.8 Å². The maximum absolute atomic E-state index is 13.2. The van der Waals surface area contributed by atoms with Gasteiger partial charge in [0.2, 0.25) is 0 Å². The van der Waals surface area contributed by atoms with Gasteiger partial charge in [-0.2, -0.15) is 8.42 Å². The normalized spacial score (nSPS) is 18.1. The molecule has 42 heavy (non-hydrogen) atoms. The summed E-state index contributed by atoms with van der Waals surface area (Å²) in [5, 5.41) is 9.62. The number of oxime groups is 1. The molecular formula is C29H32N4O7S2. The third-order valence-electron chi connectivity index (χ3n) is 7.50. The molecule has 13 heteroatoms. The third-order valence-corrected chi connectivity index (χ3v) is 9.03. The molecule has 222 valence electrons. The molecule has 5 rings (SSSR count). The molecule has 2 aromatic carbocycles. The number of methoxy groups -OCH3 is 1. The summed E-state index contributed by atoms with van der Waals surface area (Å²) in [7, 11) is -2.37. The number of benzene rings is 2. The molecule has 0 aliphatic carbocycles. The fourth-order valence-electron chi connectivity index (χ4n) is 5.16. The van der Waals surface area contributed by atoms with Gasteiger partial charge < -0.3 is 24.0 Å². The van der Waals surface area contributed by atoms with Crippen molar-refractivity contribution in [3.63, 3.8) is 0 Å². The highest BCUT2D eigenvalue weighted by molar-refractivity contribution is 7.86. The maximum Gasteiger partial charge on any atom is 0.321 e. The van der Waals surface area contributed by atoms with Gasteiger partial charge in [-0.1, -0.05) is 35.5 Å². The van der Waals surface area contributed by atoms with Crippen molar-refractivity contribution in [2.45, 2.75) is 44.6 Å². The lowest BCUT2D eigenvalue weighted by Gasteiger charge is -2.38. The van der Waals surface area contributed by atoms with Crippen LogP contribution in [0.5, 0.6) is 5.75 Å². The molecular weight excluding hydrogens is 580 g/mol. The highest BCUT2D eigenvalue weighted by atomic mass is 32.2. The molecule has 11 nitrogen and oxygen atoms in total. The molecule has 1 aromatic heterocycles. The van der Waals surface area contributed by atoms with E-state index >= 15 is 0 Å². The van der Waals surface area contributed by atoms with Gasteiger partial charge in [-0.25, -0.2) is 9.78 Å². The van der Waals surface area contributed by atoms with Crippen LogP contribution in [0.15, 0.2) is 53.0 Å². The van der Waals surface area contributed by atoms with Crippen LogP contribution in [0.25, 0.3) is 0 Å². The first-order chi connectivity index (χ1) is 20.0. The molecule has 0 saturated carbocycles. The number of aryl methyl sites for hydroxylation is 2. The van der Waals surface area contributed by atoms with E-state index in [0.29, 0.717) is 54.3 Å². The summed E-state index contributed by atoms with van der Waals surface area (Å²) in [5.41, 5.74) is 3.47. The minimum atomic E-state index is -3.73. The van der Waals surface area contributed by atoms with Crippen LogP contribution in [-0.4, -0.2) is 62.5 Å². The maximum atomic E-state index is 13.2. The van der Waals surface area contributed by atoms with Crippen LogP contribution in [0.2, 0.25) is 0 Å². The number of nitrogens with zero attached hydrogens (tertiary/aromatic N) is 3. The Morgan fingerprint density at radius 1 is 1.14 bits per heavy atom. The minimum Gasteiger partial charge on any atom is -0.468 e. The first-order valence-corrected chi connectivity index (χ1v) is 16.1. The lowest BCUT2D eigenvalue weighted by Crippen LogP contribution is -2.50. The number of ether oxygens (including phenoxy) is 1. The van der Waals surface area contributed by atoms with Gasteiger partial charge in [-0.15, -0.1) is 11.3 Å². The van der Waals surface area contributed by atoms with Gasteiger partial charge in [0.25, 0.3) is 0 Å². The summed E-state index contributed by atoms with van der Waals surface area (Å²) in [6.45, 7) is 4.62. The quantitative estimate of drug-likeness (QED) is 0.300. The molecule has 2 aliphatic rings. The van der Waals surface area contributed by atoms with Crippen LogP contribution in [0.1, 0.15) is 52.8 Å². The van der Waals surface area contributed by atoms with Gasteiger partial charge >= 0.3 is 22.1 Å². The van der Waals surface area contributed by atoms with Gasteiger partial charge in [-0.3, -0.25) is 4.79 Å². The molecule has 1 N–H and O–H groups in total. The molecule has 3 aromatic rings. The van der Waals surface area contributed by atoms with Crippen molar-refractivity contribution in [2.24, 2.45) is 5.16 Å². The number of urea groups is 1. The molecule has 2 aliphatic heterocycles. The second kappa shape index (κ2) is 11.7. The Kier molecular flexibility index (Phi) is 8.24. The van der Waals surface area contributed by atoms with E-state index in [9.17, 15) is 18.0 Å². The smallest absolute Gasteiger partial charge is 0.321 e. The number of para-hydroxylation sites is 1. The lowest BCUT2D eigenvalue weighted by atomic mass is 9.79. The Balaban J connectivity index is 1.29. The standard InChI is InChI=1S/C29H32N4O7S2/c1-18-9-10-19(2)21(15-18)31-28(35)33-13-11-29(12-14-33,27(34)38-3)26-30-23(17-41-26)22-16-25(39-32-22)20-7-5-6-8-24(20)40-42(4,36)37/h5-10,15,17,25H,11-14,16H2,1-4H3,(H,31,35). The van der Waals surface area contributed by atoms with Crippen molar-refractivity contribution in [2.75, 3.05) is 31.8 Å². The molecule has 0 bridgehead atoms. The van der Waals surface area contributed by atoms with Crippen LogP contribution in [0.4, 0.5) is 10.5 Å². The highest BCUT2D eigenvalue weighted by Gasteiger charge is 2.47. The number of amides is 2. The summed E-state index contributed by atoms with van der Waals surface area (Å²) in [6, 6.07) is 12.4. The van der Waals surface area contributed by atoms with Crippen LogP contribution in [0, 0.1) is 13.8 Å². The number of piperidine rings is 1. The van der Waals surface area contributed by atoms with E-state index < -0.39 is 27.6 Å². The van der Waals surface area contributed by atoms with Gasteiger partial charge in [0.1, 0.15) is 21.9 Å². The fraction of sp³-hybridized carbons (Fsp3) is 0.379. The minimum absolute atomic E-state index is 0.179. The molecule has 1 unspecified atom stereocenters. The first kappa shape index (κ1) is 29.5. The number of anilines is 1. The number of aromatic nitrogens is 1. The molecule has 0 spiro atoms. The van der Waals surface area contributed by atoms with E-state index in [-0.39, 0.29) is 11.8 Å². The number of carbonyl (C=O) groups is 2. The summed E-state index contributed by atoms with van der Waals surface area (Å²) in [5.74, 6) is -0.217. The summed E-state index contributed by atoms with van der Waals surface area (Å²) < 4.78 is 33.8. The summed E-state index contributed by atoms with van der Waals surface area (Å²) in [6.07, 6.45) is 1.47. The average Bonchev–Trinajstić information content (AvgIpc) is 3.65. The first-order valence-electron chi connectivity index (χ1n) is 13.4. The second-order valence-corrected chi connectivity index (χ2v) is 12.9. The molecule has 1 fully saturated rings. The Labute approximate surface area is 248 Å². The number of thiazole rings is 1. The van der Waals surface area contributed by atoms with Gasteiger partial charge in [0, 0.05) is 36.1 Å². The van der Waals surface area contributed by atoms with E-state index in [4.69, 9.17) is 18.7 Å². The van der Waals surface area contributed by atoms with Gasteiger partial charge in [0.15, 0.2) is 6.10 Å². The van der Waals surface area contributed by atoms with E-state index in [2.05, 4.69) is 10.5 Å². The number of nitrogens with one attached hydrogen (secondary N) is 1. The van der Waals surface area contributed by atoms with Crippen molar-refractivity contribution in [1.29, 1.82) is 0 Å². The average molecular weight is 613 g/mol. The third kappa shape index (κ3) is 6.12. The monoisotopic (exact) mass is 612 g/mol. The Hall–Kier alpha value is -3.97. The van der Waals surface area contributed by atoms with Crippen LogP contribution in [-0.2, 0) is 29.9 Å². The zero-order chi connectivity index (χ0) is 30.1. The number of rotatable bonds is 7. The molecule has 1 atom stereocenters. The number of hydrogen-bond donors (Lipinski definition) is 1. The zero-order valence-corrected chi connectivity index (χ0v) is 25.4. The van der Waals surface area contributed by atoms with Gasteiger partial charge in [-0.05, 0) is 49.9 Å². The number of carbonyl (C=O) groups excluding carboxylic acids is 2. The zero-order valence-electron chi connectivity index (χ0n) is 23.7. The van der Waals surface area contributed by atoms with E-state index in [1.54, 1.807) is 29.2 Å². The number of esters is 1. The molecule has 1 saturated heterocycles.